The van der Waals surface area contributed by atoms with Crippen molar-refractivity contribution in [3.63, 3.8) is 0 Å². The Hall–Kier alpha value is -1.43. The number of carbonyl (C=O) groups excluding carboxylic acids is 1. The fraction of sp³-hybridized carbons (Fsp3) is 0.769. The number of rotatable bonds is 6. The van der Waals surface area contributed by atoms with Crippen molar-refractivity contribution in [1.82, 2.24) is 25.0 Å². The molecule has 1 aliphatic rings. The van der Waals surface area contributed by atoms with Crippen molar-refractivity contribution >= 4 is 5.91 Å². The van der Waals surface area contributed by atoms with Crippen LogP contribution in [0.15, 0.2) is 6.33 Å². The van der Waals surface area contributed by atoms with Crippen LogP contribution in [-0.2, 0) is 17.9 Å². The summed E-state index contributed by atoms with van der Waals surface area (Å²) in [6.45, 7) is 6.10. The molecule has 0 spiro atoms. The Morgan fingerprint density at radius 2 is 2.16 bits per heavy atom. The molecule has 2 heterocycles. The molecule has 6 nitrogen and oxygen atoms in total. The average Bonchev–Trinajstić information content (AvgIpc) is 2.91. The Kier molecular flexibility index (Phi) is 5.32. The molecule has 0 atom stereocenters. The van der Waals surface area contributed by atoms with Gasteiger partial charge in [0.05, 0.1) is 6.54 Å². The molecule has 19 heavy (non-hydrogen) atoms. The second-order valence-corrected chi connectivity index (χ2v) is 4.86. The zero-order valence-corrected chi connectivity index (χ0v) is 11.6. The van der Waals surface area contributed by atoms with Gasteiger partial charge < -0.3 is 10.2 Å². The zero-order valence-electron chi connectivity index (χ0n) is 11.6. The Balaban J connectivity index is 1.65. The minimum Gasteiger partial charge on any atom is -0.343 e. The van der Waals surface area contributed by atoms with Gasteiger partial charge in [0.15, 0.2) is 0 Å². The highest BCUT2D eigenvalue weighted by molar-refractivity contribution is 5.76. The molecular weight excluding hydrogens is 242 g/mol. The van der Waals surface area contributed by atoms with Crippen molar-refractivity contribution in [3.05, 3.63) is 12.2 Å². The van der Waals surface area contributed by atoms with Crippen LogP contribution in [-0.4, -0.2) is 45.2 Å². The van der Waals surface area contributed by atoms with E-state index >= 15 is 0 Å². The van der Waals surface area contributed by atoms with E-state index in [2.05, 4.69) is 15.4 Å². The number of aromatic nitrogens is 3. The molecule has 0 aromatic carbocycles. The van der Waals surface area contributed by atoms with Crippen molar-refractivity contribution < 1.29 is 4.79 Å². The maximum Gasteiger partial charge on any atom is 0.223 e. The Labute approximate surface area is 114 Å². The van der Waals surface area contributed by atoms with Crippen molar-refractivity contribution in [2.75, 3.05) is 19.6 Å². The van der Waals surface area contributed by atoms with Gasteiger partial charge in [-0.3, -0.25) is 4.79 Å². The summed E-state index contributed by atoms with van der Waals surface area (Å²) in [6, 6.07) is 0. The molecule has 1 N–H and O–H groups in total. The van der Waals surface area contributed by atoms with E-state index in [0.717, 1.165) is 38.3 Å². The Morgan fingerprint density at radius 1 is 1.37 bits per heavy atom. The normalized spacial score (nSPS) is 15.7. The minimum atomic E-state index is 0.268. The zero-order chi connectivity index (χ0) is 13.5. The van der Waals surface area contributed by atoms with E-state index in [1.54, 1.807) is 6.33 Å². The van der Waals surface area contributed by atoms with Crippen LogP contribution in [0.2, 0.25) is 0 Å². The molecule has 6 heteroatoms. The molecule has 0 unspecified atom stereocenters. The molecule has 0 saturated carbocycles. The first-order valence-corrected chi connectivity index (χ1v) is 7.16. The second kappa shape index (κ2) is 7.23. The molecule has 1 fully saturated rings. The number of piperidine rings is 1. The fourth-order valence-corrected chi connectivity index (χ4v) is 2.39. The van der Waals surface area contributed by atoms with Gasteiger partial charge in [0.2, 0.25) is 5.91 Å². The Morgan fingerprint density at radius 3 is 2.89 bits per heavy atom. The number of amides is 1. The summed E-state index contributed by atoms with van der Waals surface area (Å²) in [5.74, 6) is 1.19. The largest absolute Gasteiger partial charge is 0.343 e. The number of aryl methyl sites for hydroxylation is 1. The third-order valence-corrected chi connectivity index (χ3v) is 3.50. The molecule has 1 aromatic rings. The quantitative estimate of drug-likeness (QED) is 0.772. The lowest BCUT2D eigenvalue weighted by Crippen LogP contribution is -2.37. The molecule has 2 rings (SSSR count). The third kappa shape index (κ3) is 4.02. The summed E-state index contributed by atoms with van der Waals surface area (Å²) >= 11 is 0. The predicted octanol–water partition coefficient (Wildman–Crippen LogP) is 0.790. The van der Waals surface area contributed by atoms with E-state index in [4.69, 9.17) is 0 Å². The molecule has 0 radical (unpaired) electrons. The van der Waals surface area contributed by atoms with Crippen molar-refractivity contribution in [1.29, 1.82) is 0 Å². The average molecular weight is 265 g/mol. The number of carbonyl (C=O) groups is 1. The number of hydrogen-bond donors (Lipinski definition) is 1. The maximum atomic E-state index is 11.9. The first-order valence-electron chi connectivity index (χ1n) is 7.16. The third-order valence-electron chi connectivity index (χ3n) is 3.50. The molecule has 0 bridgehead atoms. The van der Waals surface area contributed by atoms with E-state index in [1.807, 2.05) is 16.5 Å². The molecule has 1 aliphatic heterocycles. The lowest BCUT2D eigenvalue weighted by Gasteiger charge is -2.26. The SMILES string of the molecule is CCn1ncnc1CNCCC(=O)N1CCCCC1. The van der Waals surface area contributed by atoms with Gasteiger partial charge in [0, 0.05) is 32.6 Å². The highest BCUT2D eigenvalue weighted by atomic mass is 16.2. The van der Waals surface area contributed by atoms with Crippen LogP contribution >= 0.6 is 0 Å². The molecule has 1 saturated heterocycles. The molecule has 1 aromatic heterocycles. The van der Waals surface area contributed by atoms with Gasteiger partial charge in [0.1, 0.15) is 12.2 Å². The first kappa shape index (κ1) is 14.0. The van der Waals surface area contributed by atoms with E-state index in [1.165, 1.54) is 6.42 Å². The lowest BCUT2D eigenvalue weighted by atomic mass is 10.1. The van der Waals surface area contributed by atoms with Gasteiger partial charge >= 0.3 is 0 Å². The molecule has 106 valence electrons. The molecule has 0 aliphatic carbocycles. The van der Waals surface area contributed by atoms with Crippen LogP contribution < -0.4 is 5.32 Å². The number of nitrogens with zero attached hydrogens (tertiary/aromatic N) is 4. The highest BCUT2D eigenvalue weighted by Crippen LogP contribution is 2.09. The van der Waals surface area contributed by atoms with Gasteiger partial charge in [-0.25, -0.2) is 9.67 Å². The summed E-state index contributed by atoms with van der Waals surface area (Å²) in [7, 11) is 0. The Bertz CT molecular complexity index is 397. The van der Waals surface area contributed by atoms with Crippen LogP contribution in [0.3, 0.4) is 0 Å². The summed E-state index contributed by atoms with van der Waals surface area (Å²) in [5, 5.41) is 7.37. The van der Waals surface area contributed by atoms with Crippen LogP contribution in [0.4, 0.5) is 0 Å². The predicted molar refractivity (Wildman–Crippen MR) is 72.5 cm³/mol. The molecule has 1 amide bonds. The van der Waals surface area contributed by atoms with Crippen LogP contribution in [0.25, 0.3) is 0 Å². The van der Waals surface area contributed by atoms with Crippen LogP contribution in [0.1, 0.15) is 38.4 Å². The van der Waals surface area contributed by atoms with Crippen molar-refractivity contribution in [3.8, 4) is 0 Å². The number of likely N-dealkylation sites (tertiary alicyclic amines) is 1. The van der Waals surface area contributed by atoms with Gasteiger partial charge in [-0.1, -0.05) is 0 Å². The molecular formula is C13H23N5O. The monoisotopic (exact) mass is 265 g/mol. The van der Waals surface area contributed by atoms with E-state index < -0.39 is 0 Å². The number of hydrogen-bond acceptors (Lipinski definition) is 4. The van der Waals surface area contributed by atoms with Crippen molar-refractivity contribution in [2.24, 2.45) is 0 Å². The smallest absolute Gasteiger partial charge is 0.223 e. The van der Waals surface area contributed by atoms with E-state index in [-0.39, 0.29) is 5.91 Å². The van der Waals surface area contributed by atoms with Crippen LogP contribution in [0.5, 0.6) is 0 Å². The summed E-state index contributed by atoms with van der Waals surface area (Å²) in [4.78, 5) is 18.1. The standard InChI is InChI=1S/C13H23N5O/c1-2-18-12(15-11-16-18)10-14-7-6-13(19)17-8-4-3-5-9-17/h11,14H,2-10H2,1H3. The van der Waals surface area contributed by atoms with Crippen LogP contribution in [0, 0.1) is 0 Å². The van der Waals surface area contributed by atoms with Gasteiger partial charge in [-0.15, -0.1) is 0 Å². The lowest BCUT2D eigenvalue weighted by molar-refractivity contribution is -0.131. The minimum absolute atomic E-state index is 0.268. The van der Waals surface area contributed by atoms with Gasteiger partial charge in [0.25, 0.3) is 0 Å². The first-order chi connectivity index (χ1) is 9.31. The summed E-state index contributed by atoms with van der Waals surface area (Å²) < 4.78 is 1.86. The van der Waals surface area contributed by atoms with Crippen molar-refractivity contribution in [2.45, 2.75) is 45.7 Å². The second-order valence-electron chi connectivity index (χ2n) is 4.86. The fourth-order valence-electron chi connectivity index (χ4n) is 2.39. The summed E-state index contributed by atoms with van der Waals surface area (Å²) in [6.07, 6.45) is 5.70. The van der Waals surface area contributed by atoms with Gasteiger partial charge in [-0.2, -0.15) is 5.10 Å². The van der Waals surface area contributed by atoms with E-state index in [9.17, 15) is 4.79 Å². The summed E-state index contributed by atoms with van der Waals surface area (Å²) in [5.41, 5.74) is 0. The topological polar surface area (TPSA) is 63.1 Å². The van der Waals surface area contributed by atoms with E-state index in [0.29, 0.717) is 19.5 Å². The van der Waals surface area contributed by atoms with Gasteiger partial charge in [-0.05, 0) is 26.2 Å². The highest BCUT2D eigenvalue weighted by Gasteiger charge is 2.15. The number of nitrogens with one attached hydrogen (secondary N) is 1. The maximum absolute atomic E-state index is 11.9.